The van der Waals surface area contributed by atoms with E-state index in [2.05, 4.69) is 88.3 Å². The third-order valence-electron chi connectivity index (χ3n) is 5.73. The maximum absolute atomic E-state index is 12.3. The number of urea groups is 1. The number of benzene rings is 3. The van der Waals surface area contributed by atoms with Gasteiger partial charge >= 0.3 is 6.03 Å². The highest BCUT2D eigenvalue weighted by Crippen LogP contribution is 2.18. The molecule has 150 valence electrons. The Morgan fingerprint density at radius 3 is 2.45 bits per heavy atom. The second-order valence-corrected chi connectivity index (χ2v) is 7.82. The number of carbonyl (C=O) groups is 1. The van der Waals surface area contributed by atoms with Gasteiger partial charge < -0.3 is 10.6 Å². The van der Waals surface area contributed by atoms with Crippen molar-refractivity contribution in [1.29, 1.82) is 0 Å². The molecule has 4 nitrogen and oxygen atoms in total. The molecule has 0 unspecified atom stereocenters. The Kier molecular flexibility index (Phi) is 6.42. The molecule has 4 rings (SSSR count). The van der Waals surface area contributed by atoms with Crippen LogP contribution in [0.4, 0.5) is 4.79 Å². The number of hydrogen-bond acceptors (Lipinski definition) is 2. The Balaban J connectivity index is 1.19. The molecule has 4 heteroatoms. The van der Waals surface area contributed by atoms with Crippen LogP contribution in [-0.2, 0) is 13.0 Å². The molecule has 1 heterocycles. The molecule has 0 bridgehead atoms. The Bertz CT molecular complexity index is 928. The first-order chi connectivity index (χ1) is 14.3. The normalized spacial score (nSPS) is 15.3. The SMILES string of the molecule is O=C(NCCc1cccc2ccccc12)NC1CCN(Cc2ccccc2)CC1. The summed E-state index contributed by atoms with van der Waals surface area (Å²) in [5, 5.41) is 8.69. The molecule has 1 aliphatic heterocycles. The Morgan fingerprint density at radius 2 is 1.62 bits per heavy atom. The minimum Gasteiger partial charge on any atom is -0.338 e. The number of rotatable bonds is 6. The summed E-state index contributed by atoms with van der Waals surface area (Å²) in [7, 11) is 0. The monoisotopic (exact) mass is 387 g/mol. The minimum atomic E-state index is -0.0493. The first-order valence-electron chi connectivity index (χ1n) is 10.6. The third kappa shape index (κ3) is 5.36. The third-order valence-corrected chi connectivity index (χ3v) is 5.73. The van der Waals surface area contributed by atoms with Gasteiger partial charge in [-0.2, -0.15) is 0 Å². The van der Waals surface area contributed by atoms with Crippen LogP contribution in [0.1, 0.15) is 24.0 Å². The van der Waals surface area contributed by atoms with Crippen LogP contribution in [0.15, 0.2) is 72.8 Å². The van der Waals surface area contributed by atoms with Crippen LogP contribution in [0.5, 0.6) is 0 Å². The second-order valence-electron chi connectivity index (χ2n) is 7.82. The molecule has 3 aromatic carbocycles. The van der Waals surface area contributed by atoms with Gasteiger partial charge in [0.15, 0.2) is 0 Å². The largest absolute Gasteiger partial charge is 0.338 e. The van der Waals surface area contributed by atoms with E-state index in [9.17, 15) is 4.79 Å². The number of nitrogens with zero attached hydrogens (tertiary/aromatic N) is 1. The minimum absolute atomic E-state index is 0.0493. The highest BCUT2D eigenvalue weighted by atomic mass is 16.2. The van der Waals surface area contributed by atoms with E-state index >= 15 is 0 Å². The van der Waals surface area contributed by atoms with E-state index < -0.39 is 0 Å². The smallest absolute Gasteiger partial charge is 0.315 e. The molecule has 0 saturated carbocycles. The fourth-order valence-corrected chi connectivity index (χ4v) is 4.13. The first-order valence-corrected chi connectivity index (χ1v) is 10.6. The molecule has 3 aromatic rings. The van der Waals surface area contributed by atoms with Crippen molar-refractivity contribution in [1.82, 2.24) is 15.5 Å². The van der Waals surface area contributed by atoms with E-state index in [1.54, 1.807) is 0 Å². The Morgan fingerprint density at radius 1 is 0.897 bits per heavy atom. The van der Waals surface area contributed by atoms with Crippen molar-refractivity contribution >= 4 is 16.8 Å². The van der Waals surface area contributed by atoms with Gasteiger partial charge in [0.05, 0.1) is 0 Å². The average molecular weight is 388 g/mol. The summed E-state index contributed by atoms with van der Waals surface area (Å²) in [6.45, 7) is 3.68. The topological polar surface area (TPSA) is 44.4 Å². The molecule has 0 radical (unpaired) electrons. The molecule has 0 aromatic heterocycles. The summed E-state index contributed by atoms with van der Waals surface area (Å²) in [5.41, 5.74) is 2.63. The summed E-state index contributed by atoms with van der Waals surface area (Å²) in [6.07, 6.45) is 2.84. The van der Waals surface area contributed by atoms with Gasteiger partial charge in [-0.25, -0.2) is 4.79 Å². The molecule has 2 N–H and O–H groups in total. The van der Waals surface area contributed by atoms with Crippen molar-refractivity contribution in [3.8, 4) is 0 Å². The highest BCUT2D eigenvalue weighted by molar-refractivity contribution is 5.85. The molecular weight excluding hydrogens is 358 g/mol. The summed E-state index contributed by atoms with van der Waals surface area (Å²) in [4.78, 5) is 14.8. The van der Waals surface area contributed by atoms with Crippen LogP contribution in [0.3, 0.4) is 0 Å². The van der Waals surface area contributed by atoms with Gasteiger partial charge in [-0.15, -0.1) is 0 Å². The summed E-state index contributed by atoms with van der Waals surface area (Å²) < 4.78 is 0. The van der Waals surface area contributed by atoms with Gasteiger partial charge in [0.1, 0.15) is 0 Å². The number of likely N-dealkylation sites (tertiary alicyclic amines) is 1. The second kappa shape index (κ2) is 9.57. The predicted octanol–water partition coefficient (Wildman–Crippen LogP) is 4.35. The zero-order chi connectivity index (χ0) is 19.9. The van der Waals surface area contributed by atoms with Crippen molar-refractivity contribution in [2.75, 3.05) is 19.6 Å². The molecule has 0 atom stereocenters. The van der Waals surface area contributed by atoms with Gasteiger partial charge in [0.25, 0.3) is 0 Å². The molecular formula is C25H29N3O. The molecule has 29 heavy (non-hydrogen) atoms. The lowest BCUT2D eigenvalue weighted by molar-refractivity contribution is 0.186. The van der Waals surface area contributed by atoms with Gasteiger partial charge in [-0.1, -0.05) is 72.8 Å². The zero-order valence-corrected chi connectivity index (χ0v) is 16.8. The van der Waals surface area contributed by atoms with Crippen LogP contribution in [0.25, 0.3) is 10.8 Å². The van der Waals surface area contributed by atoms with Gasteiger partial charge in [0.2, 0.25) is 0 Å². The van der Waals surface area contributed by atoms with E-state index in [0.717, 1.165) is 38.9 Å². The zero-order valence-electron chi connectivity index (χ0n) is 16.8. The van der Waals surface area contributed by atoms with E-state index in [0.29, 0.717) is 6.54 Å². The van der Waals surface area contributed by atoms with Gasteiger partial charge in [-0.3, -0.25) is 4.90 Å². The molecule has 0 spiro atoms. The van der Waals surface area contributed by atoms with Crippen LogP contribution >= 0.6 is 0 Å². The van der Waals surface area contributed by atoms with Crippen LogP contribution in [-0.4, -0.2) is 36.6 Å². The summed E-state index contributed by atoms with van der Waals surface area (Å²) in [5.74, 6) is 0. The number of amides is 2. The van der Waals surface area contributed by atoms with Crippen molar-refractivity contribution in [3.05, 3.63) is 83.9 Å². The van der Waals surface area contributed by atoms with Crippen LogP contribution in [0, 0.1) is 0 Å². The molecule has 2 amide bonds. The van der Waals surface area contributed by atoms with Gasteiger partial charge in [-0.05, 0) is 41.2 Å². The number of hydrogen-bond donors (Lipinski definition) is 2. The highest BCUT2D eigenvalue weighted by Gasteiger charge is 2.20. The Labute approximate surface area is 172 Å². The maximum Gasteiger partial charge on any atom is 0.315 e. The Hall–Kier alpha value is -2.85. The van der Waals surface area contributed by atoms with E-state index in [1.165, 1.54) is 21.9 Å². The first kappa shape index (κ1) is 19.5. The number of fused-ring (bicyclic) bond motifs is 1. The molecule has 1 saturated heterocycles. The van der Waals surface area contributed by atoms with Gasteiger partial charge in [0, 0.05) is 32.2 Å². The number of carbonyl (C=O) groups excluding carboxylic acids is 1. The van der Waals surface area contributed by atoms with Crippen molar-refractivity contribution in [2.45, 2.75) is 31.8 Å². The van der Waals surface area contributed by atoms with Crippen LogP contribution < -0.4 is 10.6 Å². The molecule has 1 aliphatic rings. The van der Waals surface area contributed by atoms with Crippen molar-refractivity contribution < 1.29 is 4.79 Å². The maximum atomic E-state index is 12.3. The lowest BCUT2D eigenvalue weighted by Crippen LogP contribution is -2.48. The van der Waals surface area contributed by atoms with Crippen LogP contribution in [0.2, 0.25) is 0 Å². The van der Waals surface area contributed by atoms with Crippen molar-refractivity contribution in [3.63, 3.8) is 0 Å². The molecule has 0 aliphatic carbocycles. The van der Waals surface area contributed by atoms with E-state index in [-0.39, 0.29) is 12.1 Å². The van der Waals surface area contributed by atoms with Crippen molar-refractivity contribution in [2.24, 2.45) is 0 Å². The predicted molar refractivity (Wildman–Crippen MR) is 119 cm³/mol. The standard InChI is InChI=1S/C25H29N3O/c29-25(26-16-13-22-11-6-10-21-9-4-5-12-24(21)22)27-23-14-17-28(18-15-23)19-20-7-2-1-3-8-20/h1-12,23H,13-19H2,(H2,26,27,29). The quantitative estimate of drug-likeness (QED) is 0.661. The fourth-order valence-electron chi connectivity index (χ4n) is 4.13. The van der Waals surface area contributed by atoms with E-state index in [4.69, 9.17) is 0 Å². The summed E-state index contributed by atoms with van der Waals surface area (Å²) >= 11 is 0. The molecule has 1 fully saturated rings. The number of piperidine rings is 1. The van der Waals surface area contributed by atoms with E-state index in [1.807, 2.05) is 0 Å². The average Bonchev–Trinajstić information content (AvgIpc) is 2.76. The number of nitrogens with one attached hydrogen (secondary N) is 2. The summed E-state index contributed by atoms with van der Waals surface area (Å²) in [6, 6.07) is 25.6. The lowest BCUT2D eigenvalue weighted by atomic mass is 10.0. The fraction of sp³-hybridized carbons (Fsp3) is 0.320. The lowest BCUT2D eigenvalue weighted by Gasteiger charge is -2.32.